The van der Waals surface area contributed by atoms with E-state index in [1.54, 1.807) is 42.1 Å². The van der Waals surface area contributed by atoms with Gasteiger partial charge in [-0.05, 0) is 42.8 Å². The van der Waals surface area contributed by atoms with Crippen molar-refractivity contribution in [3.8, 4) is 11.3 Å². The number of hydrogen-bond donors (Lipinski definition) is 0. The first-order valence-corrected chi connectivity index (χ1v) is 12.9. The van der Waals surface area contributed by atoms with Gasteiger partial charge in [-0.2, -0.15) is 0 Å². The third-order valence-corrected chi connectivity index (χ3v) is 6.95. The Hall–Kier alpha value is -3.62. The molecule has 0 spiro atoms. The maximum absolute atomic E-state index is 14.5. The van der Waals surface area contributed by atoms with Crippen molar-refractivity contribution in [3.05, 3.63) is 72.1 Å². The van der Waals surface area contributed by atoms with E-state index < -0.39 is 13.2 Å². The molecule has 0 saturated heterocycles. The van der Waals surface area contributed by atoms with Gasteiger partial charge in [0.2, 0.25) is 13.0 Å². The molecule has 1 unspecified atom stereocenters. The van der Waals surface area contributed by atoms with Crippen LogP contribution in [0.5, 0.6) is 0 Å². The summed E-state index contributed by atoms with van der Waals surface area (Å²) in [5.74, 6) is -0.392. The second-order valence-corrected chi connectivity index (χ2v) is 10.5. The lowest BCUT2D eigenvalue weighted by atomic mass is 10.1. The maximum atomic E-state index is 14.5. The molecule has 0 radical (unpaired) electrons. The van der Waals surface area contributed by atoms with E-state index >= 15 is 0 Å². The average Bonchev–Trinajstić information content (AvgIpc) is 3.21. The minimum Gasteiger partial charge on any atom is -0.329 e. The van der Waals surface area contributed by atoms with Crippen molar-refractivity contribution < 1.29 is 13.5 Å². The molecular weight excluding hydrogens is 456 g/mol. The second-order valence-electron chi connectivity index (χ2n) is 7.93. The van der Waals surface area contributed by atoms with Crippen LogP contribution in [-0.2, 0) is 21.8 Å². The van der Waals surface area contributed by atoms with Gasteiger partial charge in [-0.3, -0.25) is 14.5 Å². The van der Waals surface area contributed by atoms with E-state index in [4.69, 9.17) is 4.52 Å². The van der Waals surface area contributed by atoms with Gasteiger partial charge in [-0.15, -0.1) is 5.10 Å². The summed E-state index contributed by atoms with van der Waals surface area (Å²) in [5, 5.41) is 8.94. The molecule has 1 aromatic carbocycles. The van der Waals surface area contributed by atoms with Crippen molar-refractivity contribution >= 4 is 29.6 Å². The summed E-state index contributed by atoms with van der Waals surface area (Å²) in [4.78, 5) is 17.5. The Kier molecular flexibility index (Phi) is 5.85. The summed E-state index contributed by atoms with van der Waals surface area (Å²) in [5.41, 5.74) is 3.92. The number of benzene rings is 1. The van der Waals surface area contributed by atoms with Gasteiger partial charge in [0.15, 0.2) is 5.65 Å². The summed E-state index contributed by atoms with van der Waals surface area (Å²) >= 11 is 0. The van der Waals surface area contributed by atoms with Crippen molar-refractivity contribution in [2.45, 2.75) is 19.6 Å². The van der Waals surface area contributed by atoms with Gasteiger partial charge >= 0.3 is 0 Å². The number of halogens is 1. The van der Waals surface area contributed by atoms with Crippen LogP contribution in [0.1, 0.15) is 18.2 Å². The van der Waals surface area contributed by atoms with Gasteiger partial charge in [-0.25, -0.2) is 19.0 Å². The van der Waals surface area contributed by atoms with Gasteiger partial charge in [0, 0.05) is 35.7 Å². The summed E-state index contributed by atoms with van der Waals surface area (Å²) in [7, 11) is -2.73. The van der Waals surface area contributed by atoms with Gasteiger partial charge in [0.05, 0.1) is 31.2 Å². The minimum absolute atomic E-state index is 0.264. The Morgan fingerprint density at radius 1 is 1.12 bits per heavy atom. The first-order chi connectivity index (χ1) is 16.4. The predicted molar refractivity (Wildman–Crippen MR) is 126 cm³/mol. The van der Waals surface area contributed by atoms with E-state index in [0.717, 1.165) is 5.56 Å². The van der Waals surface area contributed by atoms with Crippen LogP contribution in [0.25, 0.3) is 33.5 Å². The first kappa shape index (κ1) is 22.2. The van der Waals surface area contributed by atoms with Crippen LogP contribution in [0.4, 0.5) is 4.39 Å². The Morgan fingerprint density at radius 2 is 2.00 bits per heavy atom. The molecule has 4 heterocycles. The number of pyridine rings is 2. The zero-order chi connectivity index (χ0) is 23.7. The minimum atomic E-state index is -2.73. The van der Waals surface area contributed by atoms with E-state index in [0.29, 0.717) is 45.8 Å². The van der Waals surface area contributed by atoms with Crippen molar-refractivity contribution in [3.63, 3.8) is 0 Å². The topological polar surface area (TPSA) is 109 Å². The van der Waals surface area contributed by atoms with Crippen LogP contribution >= 0.6 is 7.37 Å². The van der Waals surface area contributed by atoms with Crippen LogP contribution < -0.4 is 0 Å². The molecule has 1 atom stereocenters. The third-order valence-electron chi connectivity index (χ3n) is 5.25. The fraction of sp³-hybridized carbons (Fsp3) is 0.217. The van der Waals surface area contributed by atoms with Gasteiger partial charge in [-0.1, -0.05) is 11.3 Å². The summed E-state index contributed by atoms with van der Waals surface area (Å²) in [6.45, 7) is 4.09. The van der Waals surface area contributed by atoms with Gasteiger partial charge < -0.3 is 4.52 Å². The SMILES string of the molecule is CCOP(C)(=O)Cc1ccc(-c2cnc3nnn(Cc4cc(F)c5ncccc5c4)c3n2)cn1. The highest BCUT2D eigenvalue weighted by atomic mass is 31.2. The lowest BCUT2D eigenvalue weighted by Gasteiger charge is -2.12. The summed E-state index contributed by atoms with van der Waals surface area (Å²) in [6, 6.07) is 10.5. The third kappa shape index (κ3) is 4.55. The van der Waals surface area contributed by atoms with E-state index in [-0.39, 0.29) is 12.7 Å². The molecule has 0 fully saturated rings. The van der Waals surface area contributed by atoms with E-state index in [1.165, 1.54) is 6.07 Å². The highest BCUT2D eigenvalue weighted by Crippen LogP contribution is 2.45. The Bertz CT molecular complexity index is 1540. The number of fused-ring (bicyclic) bond motifs is 2. The van der Waals surface area contributed by atoms with Crippen molar-refractivity contribution in [2.75, 3.05) is 13.3 Å². The average molecular weight is 477 g/mol. The number of aromatic nitrogens is 7. The molecule has 0 saturated carbocycles. The molecule has 0 aliphatic rings. The highest BCUT2D eigenvalue weighted by Gasteiger charge is 2.17. The fourth-order valence-electron chi connectivity index (χ4n) is 3.75. The molecule has 5 aromatic rings. The number of rotatable bonds is 7. The Balaban J connectivity index is 1.43. The van der Waals surface area contributed by atoms with Crippen molar-refractivity contribution in [1.29, 1.82) is 0 Å². The monoisotopic (exact) mass is 477 g/mol. The van der Waals surface area contributed by atoms with E-state index in [1.807, 2.05) is 25.1 Å². The standard InChI is InChI=1S/C23H21FN7O2P/c1-3-33-34(2,32)14-18-7-6-17(11-26-18)20-12-27-22-23(28-20)31(30-29-22)13-15-9-16-5-4-8-25-21(16)19(24)10-15/h4-12H,3,13-14H2,1-2H3. The van der Waals surface area contributed by atoms with Crippen LogP contribution in [0.15, 0.2) is 55.0 Å². The number of nitrogens with zero attached hydrogens (tertiary/aromatic N) is 7. The van der Waals surface area contributed by atoms with Crippen LogP contribution in [0.3, 0.4) is 0 Å². The highest BCUT2D eigenvalue weighted by molar-refractivity contribution is 7.57. The molecule has 172 valence electrons. The second kappa shape index (κ2) is 8.96. The smallest absolute Gasteiger partial charge is 0.221 e. The first-order valence-electron chi connectivity index (χ1n) is 10.7. The zero-order valence-corrected chi connectivity index (χ0v) is 19.5. The molecule has 9 nitrogen and oxygen atoms in total. The molecule has 0 aliphatic carbocycles. The van der Waals surface area contributed by atoms with Crippen LogP contribution in [-0.4, -0.2) is 48.2 Å². The molecule has 0 aliphatic heterocycles. The van der Waals surface area contributed by atoms with E-state index in [2.05, 4.69) is 30.2 Å². The zero-order valence-electron chi connectivity index (χ0n) is 18.6. The Labute approximate surface area is 194 Å². The van der Waals surface area contributed by atoms with Crippen LogP contribution in [0.2, 0.25) is 0 Å². The van der Waals surface area contributed by atoms with Crippen molar-refractivity contribution in [1.82, 2.24) is 34.9 Å². The molecule has 4 aromatic heterocycles. The largest absolute Gasteiger partial charge is 0.329 e. The molecule has 0 amide bonds. The molecule has 34 heavy (non-hydrogen) atoms. The summed E-state index contributed by atoms with van der Waals surface area (Å²) in [6.07, 6.45) is 5.09. The maximum Gasteiger partial charge on any atom is 0.221 e. The molecule has 0 bridgehead atoms. The lowest BCUT2D eigenvalue weighted by molar-refractivity contribution is 0.336. The summed E-state index contributed by atoms with van der Waals surface area (Å²) < 4.78 is 33.8. The van der Waals surface area contributed by atoms with Crippen molar-refractivity contribution in [2.24, 2.45) is 0 Å². The number of hydrogen-bond acceptors (Lipinski definition) is 8. The quantitative estimate of drug-likeness (QED) is 0.316. The predicted octanol–water partition coefficient (Wildman–Crippen LogP) is 4.46. The fourth-order valence-corrected chi connectivity index (χ4v) is 5.17. The molecule has 0 N–H and O–H groups in total. The molecule has 11 heteroatoms. The van der Waals surface area contributed by atoms with E-state index in [9.17, 15) is 8.96 Å². The normalized spacial score (nSPS) is 13.4. The molecular formula is C23H21FN7O2P. The lowest BCUT2D eigenvalue weighted by Crippen LogP contribution is -2.04. The van der Waals surface area contributed by atoms with Gasteiger partial charge in [0.25, 0.3) is 0 Å². The van der Waals surface area contributed by atoms with Crippen LogP contribution in [0, 0.1) is 5.82 Å². The molecule has 5 rings (SSSR count). The van der Waals surface area contributed by atoms with Gasteiger partial charge in [0.1, 0.15) is 11.3 Å². The Morgan fingerprint density at radius 3 is 2.79 bits per heavy atom.